The van der Waals surface area contributed by atoms with Crippen molar-refractivity contribution in [1.29, 1.82) is 0 Å². The SMILES string of the molecule is CCOc1ccc(N(CC(=O)N(Cc2ccc(OC)cc2)[C@@H](C)C(=O)NC(C)(C)C)S(=O)(=O)c2ccc(C)cc2)cc1. The van der Waals surface area contributed by atoms with Crippen molar-refractivity contribution in [2.45, 2.75) is 64.6 Å². The molecule has 0 aliphatic rings. The molecular formula is C32H41N3O6S. The molecule has 0 heterocycles. The van der Waals surface area contributed by atoms with Gasteiger partial charge in [0.2, 0.25) is 11.8 Å². The number of nitrogens with one attached hydrogen (secondary N) is 1. The van der Waals surface area contributed by atoms with Crippen molar-refractivity contribution in [1.82, 2.24) is 10.2 Å². The summed E-state index contributed by atoms with van der Waals surface area (Å²) in [6, 6.07) is 19.3. The van der Waals surface area contributed by atoms with E-state index in [1.54, 1.807) is 74.7 Å². The Hall–Kier alpha value is -4.05. The van der Waals surface area contributed by atoms with E-state index in [0.29, 0.717) is 23.8 Å². The van der Waals surface area contributed by atoms with Gasteiger partial charge in [0, 0.05) is 12.1 Å². The topological polar surface area (TPSA) is 105 Å². The number of sulfonamides is 1. The lowest BCUT2D eigenvalue weighted by Gasteiger charge is -2.33. The average molecular weight is 596 g/mol. The summed E-state index contributed by atoms with van der Waals surface area (Å²) in [6.45, 7) is 11.0. The summed E-state index contributed by atoms with van der Waals surface area (Å²) >= 11 is 0. The van der Waals surface area contributed by atoms with Gasteiger partial charge in [-0.2, -0.15) is 0 Å². The summed E-state index contributed by atoms with van der Waals surface area (Å²) in [6.07, 6.45) is 0. The van der Waals surface area contributed by atoms with Crippen molar-refractivity contribution in [2.24, 2.45) is 0 Å². The summed E-state index contributed by atoms with van der Waals surface area (Å²) in [5.74, 6) is 0.347. The summed E-state index contributed by atoms with van der Waals surface area (Å²) < 4.78 is 39.8. The van der Waals surface area contributed by atoms with Gasteiger partial charge in [-0.3, -0.25) is 13.9 Å². The monoisotopic (exact) mass is 595 g/mol. The Kier molecular flexibility index (Phi) is 10.6. The lowest BCUT2D eigenvalue weighted by atomic mass is 10.1. The number of amides is 2. The van der Waals surface area contributed by atoms with Crippen LogP contribution in [0.1, 0.15) is 45.7 Å². The van der Waals surface area contributed by atoms with Crippen LogP contribution in [-0.4, -0.2) is 57.0 Å². The van der Waals surface area contributed by atoms with Gasteiger partial charge in [-0.05, 0) is 95.6 Å². The number of hydrogen-bond acceptors (Lipinski definition) is 6. The highest BCUT2D eigenvalue weighted by Crippen LogP contribution is 2.27. The molecule has 0 saturated carbocycles. The molecule has 9 nitrogen and oxygen atoms in total. The number of ether oxygens (including phenoxy) is 2. The van der Waals surface area contributed by atoms with Crippen LogP contribution >= 0.6 is 0 Å². The van der Waals surface area contributed by atoms with Crippen LogP contribution in [0.15, 0.2) is 77.7 Å². The number of carbonyl (C=O) groups excluding carboxylic acids is 2. The predicted molar refractivity (Wildman–Crippen MR) is 164 cm³/mol. The molecule has 1 atom stereocenters. The third-order valence-corrected chi connectivity index (χ3v) is 8.29. The van der Waals surface area contributed by atoms with Gasteiger partial charge in [0.05, 0.1) is 24.3 Å². The van der Waals surface area contributed by atoms with Gasteiger partial charge in [-0.1, -0.05) is 29.8 Å². The fourth-order valence-corrected chi connectivity index (χ4v) is 5.64. The lowest BCUT2D eigenvalue weighted by Crippen LogP contribution is -2.54. The van der Waals surface area contributed by atoms with Crippen molar-refractivity contribution in [2.75, 3.05) is 24.6 Å². The van der Waals surface area contributed by atoms with Crippen LogP contribution in [0.4, 0.5) is 5.69 Å². The molecule has 2 amide bonds. The van der Waals surface area contributed by atoms with Crippen LogP contribution < -0.4 is 19.1 Å². The molecule has 226 valence electrons. The first-order valence-electron chi connectivity index (χ1n) is 13.8. The van der Waals surface area contributed by atoms with Gasteiger partial charge in [0.1, 0.15) is 24.1 Å². The Labute approximate surface area is 249 Å². The minimum Gasteiger partial charge on any atom is -0.497 e. The van der Waals surface area contributed by atoms with E-state index in [4.69, 9.17) is 9.47 Å². The molecule has 1 N–H and O–H groups in total. The van der Waals surface area contributed by atoms with Gasteiger partial charge in [-0.25, -0.2) is 8.42 Å². The quantitative estimate of drug-likeness (QED) is 0.318. The van der Waals surface area contributed by atoms with Crippen LogP contribution in [0.2, 0.25) is 0 Å². The van der Waals surface area contributed by atoms with E-state index in [-0.39, 0.29) is 17.3 Å². The van der Waals surface area contributed by atoms with Crippen molar-refractivity contribution in [3.05, 3.63) is 83.9 Å². The number of hydrogen-bond donors (Lipinski definition) is 1. The van der Waals surface area contributed by atoms with Gasteiger partial charge in [-0.15, -0.1) is 0 Å². The van der Waals surface area contributed by atoms with E-state index < -0.39 is 34.1 Å². The molecule has 0 saturated heterocycles. The molecule has 10 heteroatoms. The lowest BCUT2D eigenvalue weighted by molar-refractivity contribution is -0.140. The maximum Gasteiger partial charge on any atom is 0.264 e. The van der Waals surface area contributed by atoms with Crippen molar-refractivity contribution in [3.63, 3.8) is 0 Å². The number of nitrogens with zero attached hydrogens (tertiary/aromatic N) is 2. The molecule has 3 rings (SSSR count). The number of methoxy groups -OCH3 is 1. The van der Waals surface area contributed by atoms with Crippen molar-refractivity contribution in [3.8, 4) is 11.5 Å². The van der Waals surface area contributed by atoms with Crippen LogP contribution in [0.5, 0.6) is 11.5 Å². The zero-order valence-corrected chi connectivity index (χ0v) is 26.2. The normalized spacial score (nSPS) is 12.3. The predicted octanol–water partition coefficient (Wildman–Crippen LogP) is 4.93. The highest BCUT2D eigenvalue weighted by Gasteiger charge is 2.33. The van der Waals surface area contributed by atoms with Gasteiger partial charge in [0.15, 0.2) is 0 Å². The van der Waals surface area contributed by atoms with E-state index in [0.717, 1.165) is 15.4 Å². The Balaban J connectivity index is 2.03. The van der Waals surface area contributed by atoms with E-state index >= 15 is 0 Å². The molecule has 0 aliphatic carbocycles. The molecule has 0 spiro atoms. The van der Waals surface area contributed by atoms with E-state index in [2.05, 4.69) is 5.32 Å². The standard InChI is InChI=1S/C32H41N3O6S/c1-8-41-28-17-13-26(14-18-28)35(42(38,39)29-19-9-23(2)10-20-29)22-30(36)34(24(3)31(37)33-32(4,5)6)21-25-11-15-27(40-7)16-12-25/h9-20,24H,8,21-22H2,1-7H3,(H,33,37)/t24-/m0/s1. The number of rotatable bonds is 12. The molecule has 0 aliphatic heterocycles. The highest BCUT2D eigenvalue weighted by atomic mass is 32.2. The molecule has 0 bridgehead atoms. The van der Waals surface area contributed by atoms with E-state index in [1.807, 2.05) is 34.6 Å². The molecule has 3 aromatic rings. The Morgan fingerprint density at radius 1 is 0.905 bits per heavy atom. The van der Waals surface area contributed by atoms with E-state index in [1.165, 1.54) is 17.0 Å². The maximum atomic E-state index is 14.1. The molecule has 0 aromatic heterocycles. The second-order valence-electron chi connectivity index (χ2n) is 11.0. The molecule has 0 radical (unpaired) electrons. The molecule has 0 unspecified atom stereocenters. The average Bonchev–Trinajstić information content (AvgIpc) is 2.94. The Morgan fingerprint density at radius 3 is 2.00 bits per heavy atom. The largest absolute Gasteiger partial charge is 0.497 e. The third-order valence-electron chi connectivity index (χ3n) is 6.50. The van der Waals surface area contributed by atoms with E-state index in [9.17, 15) is 18.0 Å². The smallest absolute Gasteiger partial charge is 0.264 e. The van der Waals surface area contributed by atoms with Gasteiger partial charge in [0.25, 0.3) is 10.0 Å². The minimum absolute atomic E-state index is 0.0509. The van der Waals surface area contributed by atoms with Crippen LogP contribution in [0.25, 0.3) is 0 Å². The molecule has 42 heavy (non-hydrogen) atoms. The van der Waals surface area contributed by atoms with Crippen molar-refractivity contribution < 1.29 is 27.5 Å². The summed E-state index contributed by atoms with van der Waals surface area (Å²) in [4.78, 5) is 28.7. The van der Waals surface area contributed by atoms with Crippen LogP contribution in [-0.2, 0) is 26.2 Å². The number of aryl methyl sites for hydroxylation is 1. The Bertz CT molecular complexity index is 1450. The maximum absolute atomic E-state index is 14.1. The summed E-state index contributed by atoms with van der Waals surface area (Å²) in [7, 11) is -2.59. The summed E-state index contributed by atoms with van der Waals surface area (Å²) in [5, 5.41) is 2.92. The van der Waals surface area contributed by atoms with Gasteiger partial charge >= 0.3 is 0 Å². The second-order valence-corrected chi connectivity index (χ2v) is 12.9. The number of benzene rings is 3. The van der Waals surface area contributed by atoms with Crippen molar-refractivity contribution >= 4 is 27.5 Å². The molecular weight excluding hydrogens is 554 g/mol. The first-order chi connectivity index (χ1) is 19.7. The fraction of sp³-hybridized carbons (Fsp3) is 0.375. The number of anilines is 1. The second kappa shape index (κ2) is 13.7. The van der Waals surface area contributed by atoms with Gasteiger partial charge < -0.3 is 19.7 Å². The zero-order valence-electron chi connectivity index (χ0n) is 25.4. The summed E-state index contributed by atoms with van der Waals surface area (Å²) in [5.41, 5.74) is 1.43. The molecule has 0 fully saturated rings. The van der Waals surface area contributed by atoms with Crippen LogP contribution in [0.3, 0.4) is 0 Å². The highest BCUT2D eigenvalue weighted by molar-refractivity contribution is 7.92. The van der Waals surface area contributed by atoms with Crippen LogP contribution in [0, 0.1) is 6.92 Å². The molecule has 3 aromatic carbocycles. The minimum atomic E-state index is -4.15. The first kappa shape index (κ1) is 32.5. The zero-order chi connectivity index (χ0) is 31.1. The third kappa shape index (κ3) is 8.48. The fourth-order valence-electron chi connectivity index (χ4n) is 4.23. The first-order valence-corrected chi connectivity index (χ1v) is 15.3. The Morgan fingerprint density at radius 2 is 1.48 bits per heavy atom. The number of carbonyl (C=O) groups is 2.